The molecule has 1 N–H and O–H groups in total. The van der Waals surface area contributed by atoms with Crippen LogP contribution in [0, 0.1) is 6.92 Å². The van der Waals surface area contributed by atoms with Crippen molar-refractivity contribution in [1.82, 2.24) is 14.8 Å². The molecule has 0 aliphatic heterocycles. The first kappa shape index (κ1) is 17.3. The van der Waals surface area contributed by atoms with Gasteiger partial charge >= 0.3 is 0 Å². The van der Waals surface area contributed by atoms with Gasteiger partial charge in [-0.25, -0.2) is 9.67 Å². The lowest BCUT2D eigenvalue weighted by Gasteiger charge is -2.18. The SMILES string of the molecule is COc1cc(C(C)Nc2nc3c(s2)c(C)nn3C)cc(OC)c1OC. The van der Waals surface area contributed by atoms with E-state index < -0.39 is 0 Å². The van der Waals surface area contributed by atoms with Crippen molar-refractivity contribution in [3.8, 4) is 17.2 Å². The van der Waals surface area contributed by atoms with Gasteiger partial charge in [0.05, 0.1) is 37.8 Å². The molecule has 0 radical (unpaired) electrons. The molecule has 0 aliphatic carbocycles. The van der Waals surface area contributed by atoms with Crippen LogP contribution in [0.5, 0.6) is 17.2 Å². The van der Waals surface area contributed by atoms with Crippen LogP contribution in [0.1, 0.15) is 24.2 Å². The minimum absolute atomic E-state index is 0.0162. The zero-order valence-electron chi connectivity index (χ0n) is 15.2. The standard InChI is InChI=1S/C17H22N4O3S/c1-9(11-7-12(22-4)14(24-6)13(8-11)23-5)18-17-19-16-15(25-17)10(2)20-21(16)3/h7-9H,1-6H3,(H,18,19). The Morgan fingerprint density at radius 2 is 1.76 bits per heavy atom. The number of nitrogens with one attached hydrogen (secondary N) is 1. The third-order valence-electron chi connectivity index (χ3n) is 4.07. The zero-order valence-corrected chi connectivity index (χ0v) is 16.0. The maximum atomic E-state index is 5.43. The quantitative estimate of drug-likeness (QED) is 0.723. The number of aryl methyl sites for hydroxylation is 2. The van der Waals surface area contributed by atoms with Crippen molar-refractivity contribution >= 4 is 26.8 Å². The molecule has 2 aromatic heterocycles. The first-order valence-corrected chi connectivity index (χ1v) is 8.66. The molecule has 0 aliphatic rings. The monoisotopic (exact) mass is 362 g/mol. The van der Waals surface area contributed by atoms with E-state index >= 15 is 0 Å². The summed E-state index contributed by atoms with van der Waals surface area (Å²) in [6, 6.07) is 3.90. The molecule has 0 saturated heterocycles. The Hall–Kier alpha value is -2.48. The summed E-state index contributed by atoms with van der Waals surface area (Å²) in [5, 5.41) is 8.68. The van der Waals surface area contributed by atoms with Crippen molar-refractivity contribution in [2.45, 2.75) is 19.9 Å². The molecule has 7 nitrogen and oxygen atoms in total. The van der Waals surface area contributed by atoms with Gasteiger partial charge < -0.3 is 19.5 Å². The Morgan fingerprint density at radius 3 is 2.28 bits per heavy atom. The highest BCUT2D eigenvalue weighted by molar-refractivity contribution is 7.22. The second kappa shape index (κ2) is 6.79. The van der Waals surface area contributed by atoms with E-state index in [1.54, 1.807) is 37.3 Å². The number of methoxy groups -OCH3 is 3. The van der Waals surface area contributed by atoms with Gasteiger partial charge in [0.25, 0.3) is 0 Å². The smallest absolute Gasteiger partial charge is 0.203 e. The van der Waals surface area contributed by atoms with Crippen LogP contribution in [0.25, 0.3) is 10.3 Å². The van der Waals surface area contributed by atoms with Gasteiger partial charge in [-0.1, -0.05) is 11.3 Å². The Kier molecular flexibility index (Phi) is 4.71. The van der Waals surface area contributed by atoms with Crippen molar-refractivity contribution in [1.29, 1.82) is 0 Å². The third kappa shape index (κ3) is 3.09. The fourth-order valence-electron chi connectivity index (χ4n) is 2.77. The molecular formula is C17H22N4O3S. The summed E-state index contributed by atoms with van der Waals surface area (Å²) < 4.78 is 19.1. The first-order chi connectivity index (χ1) is 12.0. The first-order valence-electron chi connectivity index (χ1n) is 7.85. The number of ether oxygens (including phenoxy) is 3. The average Bonchev–Trinajstić information content (AvgIpc) is 3.14. The highest BCUT2D eigenvalue weighted by atomic mass is 32.1. The molecule has 3 rings (SSSR count). The van der Waals surface area contributed by atoms with E-state index in [1.165, 1.54) is 0 Å². The molecule has 0 bridgehead atoms. The fraction of sp³-hybridized carbons (Fsp3) is 0.412. The summed E-state index contributed by atoms with van der Waals surface area (Å²) in [4.78, 5) is 4.64. The summed E-state index contributed by atoms with van der Waals surface area (Å²) in [5.41, 5.74) is 2.90. The van der Waals surface area contributed by atoms with E-state index in [2.05, 4.69) is 22.3 Å². The van der Waals surface area contributed by atoms with Crippen LogP contribution >= 0.6 is 11.3 Å². The third-order valence-corrected chi connectivity index (χ3v) is 5.16. The summed E-state index contributed by atoms with van der Waals surface area (Å²) >= 11 is 1.60. The van der Waals surface area contributed by atoms with Crippen molar-refractivity contribution in [3.05, 3.63) is 23.4 Å². The molecule has 0 saturated carbocycles. The van der Waals surface area contributed by atoms with Gasteiger partial charge in [-0.15, -0.1) is 0 Å². The summed E-state index contributed by atoms with van der Waals surface area (Å²) in [5.74, 6) is 1.85. The van der Waals surface area contributed by atoms with Gasteiger partial charge in [0.2, 0.25) is 5.75 Å². The Morgan fingerprint density at radius 1 is 1.12 bits per heavy atom. The van der Waals surface area contributed by atoms with Crippen LogP contribution in [0.4, 0.5) is 5.13 Å². The van der Waals surface area contributed by atoms with E-state index in [4.69, 9.17) is 14.2 Å². The van der Waals surface area contributed by atoms with E-state index in [0.29, 0.717) is 17.2 Å². The molecule has 2 heterocycles. The lowest BCUT2D eigenvalue weighted by atomic mass is 10.1. The van der Waals surface area contributed by atoms with E-state index in [-0.39, 0.29) is 6.04 Å². The van der Waals surface area contributed by atoms with Gasteiger partial charge in [-0.05, 0) is 31.5 Å². The summed E-state index contributed by atoms with van der Waals surface area (Å²) in [6.45, 7) is 4.06. The van der Waals surface area contributed by atoms with E-state index in [0.717, 1.165) is 26.7 Å². The molecule has 1 atom stereocenters. The van der Waals surface area contributed by atoms with Crippen LogP contribution in [0.3, 0.4) is 0 Å². The summed E-state index contributed by atoms with van der Waals surface area (Å²) in [6.07, 6.45) is 0. The number of aromatic nitrogens is 3. The fourth-order valence-corrected chi connectivity index (χ4v) is 3.79. The van der Waals surface area contributed by atoms with Crippen molar-refractivity contribution in [3.63, 3.8) is 0 Å². The largest absolute Gasteiger partial charge is 0.493 e. The number of hydrogen-bond acceptors (Lipinski definition) is 7. The zero-order chi connectivity index (χ0) is 18.1. The second-order valence-electron chi connectivity index (χ2n) is 5.71. The molecule has 1 unspecified atom stereocenters. The molecule has 0 amide bonds. The lowest BCUT2D eigenvalue weighted by Crippen LogP contribution is -2.08. The molecule has 0 fully saturated rings. The van der Waals surface area contributed by atoms with Crippen LogP contribution in [-0.4, -0.2) is 36.1 Å². The number of benzene rings is 1. The van der Waals surface area contributed by atoms with Crippen molar-refractivity contribution in [2.75, 3.05) is 26.6 Å². The molecule has 8 heteroatoms. The molecule has 1 aromatic carbocycles. The number of nitrogens with zero attached hydrogens (tertiary/aromatic N) is 3. The Balaban J connectivity index is 1.91. The maximum Gasteiger partial charge on any atom is 0.203 e. The Labute approximate surface area is 150 Å². The highest BCUT2D eigenvalue weighted by Gasteiger charge is 2.18. The number of rotatable bonds is 6. The maximum absolute atomic E-state index is 5.43. The second-order valence-corrected chi connectivity index (χ2v) is 6.70. The minimum atomic E-state index is 0.0162. The van der Waals surface area contributed by atoms with E-state index in [1.807, 2.05) is 26.1 Å². The Bertz CT molecular complexity index is 843. The van der Waals surface area contributed by atoms with Crippen LogP contribution in [0.15, 0.2) is 12.1 Å². The normalized spacial score (nSPS) is 12.2. The van der Waals surface area contributed by atoms with Crippen LogP contribution in [-0.2, 0) is 7.05 Å². The number of anilines is 1. The highest BCUT2D eigenvalue weighted by Crippen LogP contribution is 2.40. The predicted molar refractivity (Wildman–Crippen MR) is 99.3 cm³/mol. The average molecular weight is 362 g/mol. The molecule has 25 heavy (non-hydrogen) atoms. The number of thiazole rings is 1. The lowest BCUT2D eigenvalue weighted by molar-refractivity contribution is 0.323. The molecule has 134 valence electrons. The van der Waals surface area contributed by atoms with Crippen LogP contribution < -0.4 is 19.5 Å². The van der Waals surface area contributed by atoms with Gasteiger partial charge in [0.15, 0.2) is 22.3 Å². The van der Waals surface area contributed by atoms with Crippen molar-refractivity contribution < 1.29 is 14.2 Å². The van der Waals surface area contributed by atoms with Gasteiger partial charge in [-0.3, -0.25) is 0 Å². The van der Waals surface area contributed by atoms with E-state index in [9.17, 15) is 0 Å². The number of fused-ring (bicyclic) bond motifs is 1. The molecule has 0 spiro atoms. The number of hydrogen-bond donors (Lipinski definition) is 1. The van der Waals surface area contributed by atoms with Crippen molar-refractivity contribution in [2.24, 2.45) is 7.05 Å². The topological polar surface area (TPSA) is 70.4 Å². The molecule has 3 aromatic rings. The molecular weight excluding hydrogens is 340 g/mol. The minimum Gasteiger partial charge on any atom is -0.493 e. The van der Waals surface area contributed by atoms with Crippen LogP contribution in [0.2, 0.25) is 0 Å². The van der Waals surface area contributed by atoms with Gasteiger partial charge in [0.1, 0.15) is 0 Å². The van der Waals surface area contributed by atoms with Gasteiger partial charge in [0, 0.05) is 7.05 Å². The predicted octanol–water partition coefficient (Wildman–Crippen LogP) is 3.54. The summed E-state index contributed by atoms with van der Waals surface area (Å²) in [7, 11) is 6.73. The van der Waals surface area contributed by atoms with Gasteiger partial charge in [-0.2, -0.15) is 5.10 Å².